The molecular weight excluding hydrogens is 1420 g/mol. The number of nitrogens with zero attached hydrogens (tertiary/aromatic N) is 9. The lowest BCUT2D eigenvalue weighted by molar-refractivity contribution is -0.280. The predicted molar refractivity (Wildman–Crippen MR) is 357 cm³/mol. The van der Waals surface area contributed by atoms with Gasteiger partial charge in [0.2, 0.25) is 5.91 Å². The summed E-state index contributed by atoms with van der Waals surface area (Å²) in [4.78, 5) is 146. The number of aromatic nitrogens is 7. The standard InChI is InChI=1S/C63H63N13O20S5/c1-23(77)41-53(83)72-42(24(2)91-7)56-67-34(21-99-56)52(82)73-45-47-48(96-39-13-63(4,89)49(74(5)6)25(3)95-39)62(88)93-15-26-9-8-10-36-40(26)29(16-92-47)46(76(36)90)61(87)94-17-30(64-50(80)32-20-100-58(45)68-32)55-65-31(18-98-55)43-28(54-66-33(19-97-54)51(81)71-41)12-38(79)44(70-43)57-69-35(22-101-57)59(84)75-14-27(78)11-37(75)60(85)86/h8-10,12,18-23,25,27,30,37,39,41,45,47-49,77-79,89-90H,11,13-17H2,1-7H3,(H,64,80)(H,71,81)(H,72,83)(H,73,82)(H,85,86)/b42-24+/t23?,25?,27-,30?,37+,39?,41?,45?,47?,48?,49?,63?/m1/s1. The van der Waals surface area contributed by atoms with Gasteiger partial charge in [0.15, 0.2) is 18.1 Å². The molecule has 38 heteroatoms. The Hall–Kier alpha value is -9.32. The lowest BCUT2D eigenvalue weighted by Gasteiger charge is -2.48. The van der Waals surface area contributed by atoms with E-state index in [1.807, 2.05) is 0 Å². The molecule has 13 rings (SSSR count). The van der Waals surface area contributed by atoms with Crippen LogP contribution in [0.4, 0.5) is 0 Å². The highest BCUT2D eigenvalue weighted by atomic mass is 32.1. The van der Waals surface area contributed by atoms with Gasteiger partial charge < -0.3 is 90.2 Å². The summed E-state index contributed by atoms with van der Waals surface area (Å²) in [6.45, 7) is 3.90. The van der Waals surface area contributed by atoms with Crippen LogP contribution in [-0.4, -0.2) is 218 Å². The Labute approximate surface area is 591 Å². The van der Waals surface area contributed by atoms with Crippen LogP contribution in [0.25, 0.3) is 49.3 Å². The number of aliphatic hydroxyl groups is 3. The Morgan fingerprint density at radius 1 is 0.832 bits per heavy atom. The lowest BCUT2D eigenvalue weighted by atomic mass is 9.85. The van der Waals surface area contributed by atoms with E-state index in [2.05, 4.69) is 36.2 Å². The second-order valence-corrected chi connectivity index (χ2v) is 29.1. The second-order valence-electron chi connectivity index (χ2n) is 24.7. The van der Waals surface area contributed by atoms with E-state index in [9.17, 15) is 49.9 Å². The van der Waals surface area contributed by atoms with E-state index in [1.54, 1.807) is 45.0 Å². The molecule has 0 aliphatic carbocycles. The number of thiazole rings is 5. The number of amides is 5. The Bertz CT molecular complexity index is 4690. The summed E-state index contributed by atoms with van der Waals surface area (Å²) in [7, 11) is 4.83. The van der Waals surface area contributed by atoms with Crippen LogP contribution < -0.4 is 21.3 Å². The molecule has 7 aromatic heterocycles. The average Bonchev–Trinajstić information content (AvgIpc) is 1.62. The van der Waals surface area contributed by atoms with Crippen molar-refractivity contribution in [3.8, 4) is 38.4 Å². The fourth-order valence-corrected chi connectivity index (χ4v) is 17.1. The molecule has 12 atom stereocenters. The molecule has 12 heterocycles. The number of likely N-dealkylation sites (N-methyl/N-ethyl adjacent to an activating group) is 1. The molecule has 8 aromatic rings. The summed E-state index contributed by atoms with van der Waals surface area (Å²) in [5, 5.41) is 85.4. The first-order valence-electron chi connectivity index (χ1n) is 31.1. The van der Waals surface area contributed by atoms with Crippen LogP contribution in [0.3, 0.4) is 0 Å². The van der Waals surface area contributed by atoms with Gasteiger partial charge in [-0.25, -0.2) is 44.3 Å². The Morgan fingerprint density at radius 2 is 1.50 bits per heavy atom. The Morgan fingerprint density at radius 3 is 2.23 bits per heavy atom. The van der Waals surface area contributed by atoms with E-state index >= 15 is 19.2 Å². The third-order valence-electron chi connectivity index (χ3n) is 17.6. The van der Waals surface area contributed by atoms with Crippen LogP contribution in [0.2, 0.25) is 0 Å². The number of fused-ring (bicyclic) bond motifs is 15. The average molecular weight is 1480 g/mol. The molecule has 5 aliphatic heterocycles. The number of rotatable bonds is 8. The molecule has 10 unspecified atom stereocenters. The van der Waals surface area contributed by atoms with Crippen LogP contribution in [0.5, 0.6) is 5.75 Å². The maximum atomic E-state index is 15.2. The first kappa shape index (κ1) is 70.1. The number of β-amino-alcohol motifs (C(OH)–C–C–N with tert-alkyl or cyclic N) is 1. The van der Waals surface area contributed by atoms with Crippen molar-refractivity contribution in [2.45, 2.75) is 126 Å². The molecule has 0 radical (unpaired) electrons. The minimum atomic E-state index is -1.93. The van der Waals surface area contributed by atoms with E-state index in [-0.39, 0.29) is 118 Å². The van der Waals surface area contributed by atoms with Gasteiger partial charge in [-0.3, -0.25) is 24.0 Å². The number of methoxy groups -OCH3 is 1. The molecule has 10 N–H and O–H groups in total. The number of likely N-dealkylation sites (tertiary alicyclic amines) is 1. The number of esters is 2. The number of aliphatic carboxylic acids is 1. The molecule has 101 heavy (non-hydrogen) atoms. The summed E-state index contributed by atoms with van der Waals surface area (Å²) in [5.41, 5.74) is -3.04. The molecule has 33 nitrogen and oxygen atoms in total. The number of benzene rings is 1. The SMILES string of the molecule is CO/C(C)=C1/NC(=O)C(C(C)O)NC(=O)c2csc(n2)-c2cc(O)c(-c3nc(C(=O)N4C[C@H](O)C[C@H]4C(=O)O)cs3)nc2-c2csc(n2)C2COC(=O)c3c4c5c(cccc5n3O)COC(=O)C(OC3CC(C)(O)C(N(C)C)C(C)O3)C(OC4)C(NC(=O)c3csc1n3)c1nc(cs1)C(=O)N2. The third-order valence-corrected chi connectivity index (χ3v) is 22.0. The normalized spacial score (nSPS) is 26.0. The van der Waals surface area contributed by atoms with Gasteiger partial charge in [0.05, 0.1) is 49.2 Å². The Balaban J connectivity index is 0.980. The largest absolute Gasteiger partial charge is 0.506 e. The first-order chi connectivity index (χ1) is 48.2. The van der Waals surface area contributed by atoms with Crippen molar-refractivity contribution in [2.75, 3.05) is 34.4 Å². The van der Waals surface area contributed by atoms with Crippen molar-refractivity contribution in [2.24, 2.45) is 0 Å². The number of aliphatic hydroxyl groups excluding tert-OH is 2. The number of carbonyl (C=O) groups excluding carboxylic acids is 7. The van der Waals surface area contributed by atoms with Crippen LogP contribution in [-0.2, 0) is 56.0 Å². The second kappa shape index (κ2) is 27.9. The molecule has 2 fully saturated rings. The maximum absolute atomic E-state index is 15.2. The van der Waals surface area contributed by atoms with Crippen molar-refractivity contribution in [3.05, 3.63) is 112 Å². The number of pyridine rings is 1. The van der Waals surface area contributed by atoms with Crippen molar-refractivity contribution in [1.29, 1.82) is 0 Å². The number of nitrogens with one attached hydrogen (secondary N) is 4. The molecule has 5 amide bonds. The van der Waals surface area contributed by atoms with E-state index in [1.165, 1.54) is 60.0 Å². The summed E-state index contributed by atoms with van der Waals surface area (Å²) in [6, 6.07) is -0.790. The third kappa shape index (κ3) is 13.5. The van der Waals surface area contributed by atoms with Crippen LogP contribution in [0.1, 0.15) is 131 Å². The quantitative estimate of drug-likeness (QED) is 0.0587. The number of carboxylic acids is 1. The zero-order valence-corrected chi connectivity index (χ0v) is 58.3. The van der Waals surface area contributed by atoms with Gasteiger partial charge in [0.25, 0.3) is 23.6 Å². The lowest BCUT2D eigenvalue weighted by Crippen LogP contribution is -2.62. The van der Waals surface area contributed by atoms with Crippen molar-refractivity contribution >= 4 is 121 Å². The van der Waals surface area contributed by atoms with Crippen LogP contribution in [0.15, 0.2) is 56.9 Å². The van der Waals surface area contributed by atoms with Gasteiger partial charge in [-0.1, -0.05) is 12.1 Å². The molecule has 2 saturated heterocycles. The Kier molecular flexibility index (Phi) is 19.4. The van der Waals surface area contributed by atoms with Crippen LogP contribution >= 0.6 is 56.7 Å². The highest BCUT2D eigenvalue weighted by Crippen LogP contribution is 2.43. The topological polar surface area (TPSA) is 450 Å². The monoisotopic (exact) mass is 1480 g/mol. The van der Waals surface area contributed by atoms with E-state index in [4.69, 9.17) is 43.4 Å². The highest BCUT2D eigenvalue weighted by Gasteiger charge is 2.50. The van der Waals surface area contributed by atoms with Gasteiger partial charge >= 0.3 is 17.9 Å². The molecule has 0 spiro atoms. The number of carboxylic acid groups (broad SMARTS) is 1. The first-order valence-corrected chi connectivity index (χ1v) is 35.5. The zero-order chi connectivity index (χ0) is 71.8. The number of allylic oxidation sites excluding steroid dienone is 1. The number of ether oxygens (including phenoxy) is 6. The molecule has 5 aliphatic rings. The van der Waals surface area contributed by atoms with Crippen molar-refractivity contribution in [1.82, 2.24) is 65.7 Å². The van der Waals surface area contributed by atoms with E-state index < -0.39 is 151 Å². The predicted octanol–water partition coefficient (Wildman–Crippen LogP) is 3.82. The van der Waals surface area contributed by atoms with E-state index in [0.717, 1.165) is 61.6 Å². The van der Waals surface area contributed by atoms with Gasteiger partial charge in [0.1, 0.15) is 126 Å². The number of hydrogen-bond donors (Lipinski definition) is 10. The van der Waals surface area contributed by atoms with Gasteiger partial charge in [0, 0.05) is 62.8 Å². The van der Waals surface area contributed by atoms with E-state index in [0.29, 0.717) is 10.3 Å². The minimum absolute atomic E-state index is 0.00167. The van der Waals surface area contributed by atoms with Gasteiger partial charge in [-0.05, 0) is 59.5 Å². The van der Waals surface area contributed by atoms with Gasteiger partial charge in [-0.15, -0.1) is 56.7 Å². The minimum Gasteiger partial charge on any atom is -0.506 e. The summed E-state index contributed by atoms with van der Waals surface area (Å²) in [5.74, 6) is -8.65. The molecule has 1 aromatic carbocycles. The van der Waals surface area contributed by atoms with Gasteiger partial charge in [-0.2, -0.15) is 4.73 Å². The van der Waals surface area contributed by atoms with Crippen molar-refractivity contribution < 1.29 is 97.5 Å². The zero-order valence-electron chi connectivity index (χ0n) is 54.3. The number of carbonyl (C=O) groups is 8. The molecule has 12 bridgehead atoms. The number of aromatic hydroxyl groups is 1. The fraction of sp³-hybridized carbons (Fsp3) is 0.397. The number of hydrogen-bond acceptors (Lipinski definition) is 31. The molecular formula is C63H63N13O20S5. The van der Waals surface area contributed by atoms with Crippen LogP contribution in [0, 0.1) is 0 Å². The summed E-state index contributed by atoms with van der Waals surface area (Å²) >= 11 is 4.41. The summed E-state index contributed by atoms with van der Waals surface area (Å²) < 4.78 is 38.2. The maximum Gasteiger partial charge on any atom is 0.358 e. The molecule has 530 valence electrons. The van der Waals surface area contributed by atoms with Crippen molar-refractivity contribution in [3.63, 3.8) is 0 Å². The highest BCUT2D eigenvalue weighted by molar-refractivity contribution is 7.14. The summed E-state index contributed by atoms with van der Waals surface area (Å²) in [6.07, 6.45) is -8.94. The smallest absolute Gasteiger partial charge is 0.358 e. The molecule has 0 saturated carbocycles. The fourth-order valence-electron chi connectivity index (χ4n) is 12.9. The number of cyclic esters (lactones) is 2.